The summed E-state index contributed by atoms with van der Waals surface area (Å²) in [5.41, 5.74) is 0.640. The standard InChI is InChI=1S/C19H21NO4/c1-2-3-12-22-15-9-5-4-8-14(15)20-19(21)18-13-23-16-10-6-7-11-17(16)24-18/h4-11,18H,2-3,12-13H2,1H3,(H,20,21)/t18-/m0/s1. The minimum absolute atomic E-state index is 0.182. The molecule has 0 aliphatic carbocycles. The first kappa shape index (κ1) is 16.2. The molecule has 5 nitrogen and oxygen atoms in total. The molecule has 3 rings (SSSR count). The average molecular weight is 327 g/mol. The number of unbranched alkanes of at least 4 members (excludes halogenated alkanes) is 1. The van der Waals surface area contributed by atoms with Crippen LogP contribution >= 0.6 is 0 Å². The zero-order chi connectivity index (χ0) is 16.8. The minimum atomic E-state index is -0.691. The molecule has 5 heteroatoms. The van der Waals surface area contributed by atoms with Crippen LogP contribution in [0.15, 0.2) is 48.5 Å². The Morgan fingerprint density at radius 1 is 1.17 bits per heavy atom. The van der Waals surface area contributed by atoms with Crippen LogP contribution in [-0.2, 0) is 4.79 Å². The molecule has 0 fully saturated rings. The number of hydrogen-bond acceptors (Lipinski definition) is 4. The number of amides is 1. The molecule has 1 atom stereocenters. The summed E-state index contributed by atoms with van der Waals surface area (Å²) >= 11 is 0. The fraction of sp³-hybridized carbons (Fsp3) is 0.316. The quantitative estimate of drug-likeness (QED) is 0.823. The molecule has 0 saturated carbocycles. The van der Waals surface area contributed by atoms with Crippen molar-refractivity contribution in [1.29, 1.82) is 0 Å². The third kappa shape index (κ3) is 3.79. The van der Waals surface area contributed by atoms with Gasteiger partial charge in [0, 0.05) is 0 Å². The van der Waals surface area contributed by atoms with Crippen LogP contribution < -0.4 is 19.5 Å². The molecule has 2 aromatic rings. The highest BCUT2D eigenvalue weighted by Gasteiger charge is 2.27. The van der Waals surface area contributed by atoms with E-state index >= 15 is 0 Å². The Balaban J connectivity index is 1.65. The number of fused-ring (bicyclic) bond motifs is 1. The van der Waals surface area contributed by atoms with Crippen LogP contribution in [0, 0.1) is 0 Å². The van der Waals surface area contributed by atoms with Gasteiger partial charge in [0.05, 0.1) is 12.3 Å². The maximum absolute atomic E-state index is 12.5. The molecule has 126 valence electrons. The van der Waals surface area contributed by atoms with Gasteiger partial charge in [0.25, 0.3) is 5.91 Å². The number of nitrogens with one attached hydrogen (secondary N) is 1. The van der Waals surface area contributed by atoms with Gasteiger partial charge in [-0.2, -0.15) is 0 Å². The molecule has 0 spiro atoms. The number of hydrogen-bond donors (Lipinski definition) is 1. The minimum Gasteiger partial charge on any atom is -0.491 e. The van der Waals surface area contributed by atoms with E-state index in [0.29, 0.717) is 29.5 Å². The average Bonchev–Trinajstić information content (AvgIpc) is 2.63. The van der Waals surface area contributed by atoms with E-state index in [-0.39, 0.29) is 12.5 Å². The molecule has 24 heavy (non-hydrogen) atoms. The van der Waals surface area contributed by atoms with Gasteiger partial charge in [0.2, 0.25) is 6.10 Å². The summed E-state index contributed by atoms with van der Waals surface area (Å²) in [5, 5.41) is 2.87. The van der Waals surface area contributed by atoms with Gasteiger partial charge in [0.15, 0.2) is 11.5 Å². The van der Waals surface area contributed by atoms with Crippen LogP contribution in [0.3, 0.4) is 0 Å². The van der Waals surface area contributed by atoms with Crippen molar-refractivity contribution >= 4 is 11.6 Å². The van der Waals surface area contributed by atoms with Crippen LogP contribution in [0.1, 0.15) is 19.8 Å². The third-order valence-corrected chi connectivity index (χ3v) is 3.70. The summed E-state index contributed by atoms with van der Waals surface area (Å²) < 4.78 is 17.0. The van der Waals surface area contributed by atoms with Gasteiger partial charge in [-0.25, -0.2) is 0 Å². The monoisotopic (exact) mass is 327 g/mol. The Morgan fingerprint density at radius 2 is 1.92 bits per heavy atom. The lowest BCUT2D eigenvalue weighted by molar-refractivity contribution is -0.125. The summed E-state index contributed by atoms with van der Waals surface area (Å²) in [6, 6.07) is 14.7. The Labute approximate surface area is 141 Å². The van der Waals surface area contributed by atoms with Crippen LogP contribution in [0.4, 0.5) is 5.69 Å². The first-order valence-corrected chi connectivity index (χ1v) is 8.19. The summed E-state index contributed by atoms with van der Waals surface area (Å²) in [6.45, 7) is 2.91. The van der Waals surface area contributed by atoms with E-state index < -0.39 is 6.10 Å². The molecule has 1 aliphatic rings. The second-order valence-corrected chi connectivity index (χ2v) is 5.55. The van der Waals surface area contributed by atoms with Crippen LogP contribution in [0.25, 0.3) is 0 Å². The Hall–Kier alpha value is -2.69. The number of ether oxygens (including phenoxy) is 3. The number of anilines is 1. The molecule has 2 aromatic carbocycles. The Kier molecular flexibility index (Phi) is 5.21. The van der Waals surface area contributed by atoms with Crippen molar-refractivity contribution < 1.29 is 19.0 Å². The molecular weight excluding hydrogens is 306 g/mol. The molecule has 0 radical (unpaired) electrons. The number of carbonyl (C=O) groups excluding carboxylic acids is 1. The van der Waals surface area contributed by atoms with E-state index in [4.69, 9.17) is 14.2 Å². The number of rotatable bonds is 6. The number of benzene rings is 2. The highest BCUT2D eigenvalue weighted by molar-refractivity contribution is 5.96. The van der Waals surface area contributed by atoms with E-state index in [0.717, 1.165) is 12.8 Å². The Bertz CT molecular complexity index is 701. The summed E-state index contributed by atoms with van der Waals surface area (Å²) in [6.07, 6.45) is 1.34. The summed E-state index contributed by atoms with van der Waals surface area (Å²) in [4.78, 5) is 12.5. The number of carbonyl (C=O) groups is 1. The van der Waals surface area contributed by atoms with Crippen molar-refractivity contribution in [2.75, 3.05) is 18.5 Å². The van der Waals surface area contributed by atoms with Crippen molar-refractivity contribution in [3.8, 4) is 17.2 Å². The van der Waals surface area contributed by atoms with E-state index in [2.05, 4.69) is 12.2 Å². The molecule has 1 amide bonds. The zero-order valence-electron chi connectivity index (χ0n) is 13.7. The molecule has 1 heterocycles. The van der Waals surface area contributed by atoms with Crippen molar-refractivity contribution in [3.05, 3.63) is 48.5 Å². The van der Waals surface area contributed by atoms with Crippen molar-refractivity contribution in [1.82, 2.24) is 0 Å². The molecule has 0 saturated heterocycles. The highest BCUT2D eigenvalue weighted by atomic mass is 16.6. The molecule has 0 unspecified atom stereocenters. The Morgan fingerprint density at radius 3 is 2.75 bits per heavy atom. The lowest BCUT2D eigenvalue weighted by Crippen LogP contribution is -2.40. The van der Waals surface area contributed by atoms with Gasteiger partial charge in [0.1, 0.15) is 12.4 Å². The van der Waals surface area contributed by atoms with Crippen LogP contribution in [-0.4, -0.2) is 25.2 Å². The first-order chi connectivity index (χ1) is 11.8. The van der Waals surface area contributed by atoms with Crippen molar-refractivity contribution in [3.63, 3.8) is 0 Å². The lowest BCUT2D eigenvalue weighted by Gasteiger charge is -2.25. The van der Waals surface area contributed by atoms with Gasteiger partial charge in [-0.1, -0.05) is 37.6 Å². The highest BCUT2D eigenvalue weighted by Crippen LogP contribution is 2.31. The fourth-order valence-electron chi connectivity index (χ4n) is 2.38. The van der Waals surface area contributed by atoms with Gasteiger partial charge in [-0.15, -0.1) is 0 Å². The van der Waals surface area contributed by atoms with Gasteiger partial charge in [-0.3, -0.25) is 4.79 Å². The van der Waals surface area contributed by atoms with E-state index in [1.165, 1.54) is 0 Å². The normalized spacial score (nSPS) is 15.6. The van der Waals surface area contributed by atoms with E-state index in [1.54, 1.807) is 6.07 Å². The largest absolute Gasteiger partial charge is 0.491 e. The topological polar surface area (TPSA) is 56.8 Å². The summed E-state index contributed by atoms with van der Waals surface area (Å²) in [7, 11) is 0. The first-order valence-electron chi connectivity index (χ1n) is 8.19. The second-order valence-electron chi connectivity index (χ2n) is 5.55. The predicted octanol–water partition coefficient (Wildman–Crippen LogP) is 3.64. The molecule has 1 N–H and O–H groups in total. The number of para-hydroxylation sites is 4. The van der Waals surface area contributed by atoms with Gasteiger partial charge >= 0.3 is 0 Å². The van der Waals surface area contributed by atoms with Gasteiger partial charge < -0.3 is 19.5 Å². The van der Waals surface area contributed by atoms with Crippen LogP contribution in [0.5, 0.6) is 17.2 Å². The molecular formula is C19H21NO4. The van der Waals surface area contributed by atoms with E-state index in [1.807, 2.05) is 42.5 Å². The predicted molar refractivity (Wildman–Crippen MR) is 91.8 cm³/mol. The summed E-state index contributed by atoms with van der Waals surface area (Å²) in [5.74, 6) is 1.65. The molecule has 1 aliphatic heterocycles. The van der Waals surface area contributed by atoms with Gasteiger partial charge in [-0.05, 0) is 30.7 Å². The van der Waals surface area contributed by atoms with Crippen LogP contribution in [0.2, 0.25) is 0 Å². The second kappa shape index (κ2) is 7.73. The van der Waals surface area contributed by atoms with Crippen molar-refractivity contribution in [2.45, 2.75) is 25.9 Å². The SMILES string of the molecule is CCCCOc1ccccc1NC(=O)[C@@H]1COc2ccccc2O1. The third-order valence-electron chi connectivity index (χ3n) is 3.70. The molecule has 0 aromatic heterocycles. The smallest absolute Gasteiger partial charge is 0.269 e. The fourth-order valence-corrected chi connectivity index (χ4v) is 2.38. The maximum Gasteiger partial charge on any atom is 0.269 e. The van der Waals surface area contributed by atoms with E-state index in [9.17, 15) is 4.79 Å². The maximum atomic E-state index is 12.5. The zero-order valence-corrected chi connectivity index (χ0v) is 13.7. The molecule has 0 bridgehead atoms. The lowest BCUT2D eigenvalue weighted by atomic mass is 10.2. The van der Waals surface area contributed by atoms with Crippen molar-refractivity contribution in [2.24, 2.45) is 0 Å².